The maximum Gasteiger partial charge on any atom is 0.426 e. The molecule has 2 N–H and O–H groups in total. The van der Waals surface area contributed by atoms with Gasteiger partial charge in [-0.2, -0.15) is 43.2 Å². The van der Waals surface area contributed by atoms with E-state index in [-0.39, 0.29) is 0 Å². The van der Waals surface area contributed by atoms with Gasteiger partial charge in [0.1, 0.15) is 0 Å². The van der Waals surface area contributed by atoms with E-state index < -0.39 is 66.0 Å². The second-order valence-corrected chi connectivity index (χ2v) is 8.54. The Morgan fingerprint density at radius 1 is 1.00 bits per heavy atom. The van der Waals surface area contributed by atoms with Crippen molar-refractivity contribution in [3.8, 4) is 5.75 Å². The molecular weight excluding hydrogens is 458 g/mol. The molecule has 0 aromatic heterocycles. The Kier molecular flexibility index (Phi) is 6.40. The normalized spacial score (nSPS) is 14.3. The summed E-state index contributed by atoms with van der Waals surface area (Å²) in [5.41, 5.74) is -5.30. The van der Waals surface area contributed by atoms with Gasteiger partial charge in [0.15, 0.2) is 5.75 Å². The number of benzene rings is 1. The number of aliphatic hydroxyl groups is 1. The highest BCUT2D eigenvalue weighted by Gasteiger charge is 2.70. The van der Waals surface area contributed by atoms with Crippen molar-refractivity contribution in [3.63, 3.8) is 0 Å². The minimum Gasteiger partial charge on any atom is -0.381 e. The zero-order chi connectivity index (χ0) is 21.5. The molecule has 16 heteroatoms. The first-order chi connectivity index (χ1) is 11.8. The summed E-state index contributed by atoms with van der Waals surface area (Å²) in [6.07, 6.45) is -14.7. The Hall–Kier alpha value is -1.29. The van der Waals surface area contributed by atoms with Gasteiger partial charge in [-0.15, -0.1) is 0 Å². The molecule has 0 saturated heterocycles. The summed E-state index contributed by atoms with van der Waals surface area (Å²) in [6.45, 7) is 0. The largest absolute Gasteiger partial charge is 0.426 e. The topological polar surface area (TPSA) is 118 Å². The van der Waals surface area contributed by atoms with Gasteiger partial charge in [-0.3, -0.25) is 4.55 Å². The first-order valence-electron chi connectivity index (χ1n) is 6.35. The minimum absolute atomic E-state index is 0.531. The lowest BCUT2D eigenvalue weighted by Crippen LogP contribution is -2.57. The van der Waals surface area contributed by atoms with Crippen molar-refractivity contribution < 1.29 is 57.0 Å². The molecular formula is C11H9ClF6O7S2. The Bertz CT molecular complexity index is 894. The molecule has 1 aromatic carbocycles. The number of halogens is 7. The smallest absolute Gasteiger partial charge is 0.381 e. The van der Waals surface area contributed by atoms with E-state index in [2.05, 4.69) is 4.18 Å². The van der Waals surface area contributed by atoms with Crippen molar-refractivity contribution in [2.75, 3.05) is 5.75 Å². The van der Waals surface area contributed by atoms with E-state index in [9.17, 15) is 43.2 Å². The van der Waals surface area contributed by atoms with E-state index >= 15 is 0 Å². The van der Waals surface area contributed by atoms with E-state index in [1.165, 1.54) is 0 Å². The average Bonchev–Trinajstić information content (AvgIpc) is 2.43. The van der Waals surface area contributed by atoms with E-state index in [1.54, 1.807) is 0 Å². The van der Waals surface area contributed by atoms with Gasteiger partial charge < -0.3 is 9.29 Å². The SMILES string of the molecule is O=S(=O)(CCC(O)(C(F)(F)F)C(F)(F)F)Oc1ccc(S(=O)(=O)O)cc1Cl. The van der Waals surface area contributed by atoms with Crippen molar-refractivity contribution in [2.24, 2.45) is 0 Å². The standard InChI is InChI=1S/C11H9ClF6O7S2/c12-7-5-6(27(22,23)24)1-2-8(7)25-26(20,21)4-3-9(19,10(13,14)15)11(16,17)18/h1-2,5,19H,3-4H2,(H,22,23,24). The highest BCUT2D eigenvalue weighted by atomic mass is 35.5. The number of hydrogen-bond acceptors (Lipinski definition) is 6. The fourth-order valence-corrected chi connectivity index (χ4v) is 3.49. The maximum atomic E-state index is 12.5. The molecule has 0 saturated carbocycles. The quantitative estimate of drug-likeness (QED) is 0.376. The second-order valence-electron chi connectivity index (χ2n) is 5.02. The zero-order valence-corrected chi connectivity index (χ0v) is 14.9. The minimum atomic E-state index is -6.21. The molecule has 0 aliphatic rings. The Labute approximate surface area is 153 Å². The van der Waals surface area contributed by atoms with Crippen LogP contribution in [0.25, 0.3) is 0 Å². The molecule has 0 spiro atoms. The molecule has 1 aromatic rings. The van der Waals surface area contributed by atoms with Crippen LogP contribution in [-0.2, 0) is 20.2 Å². The summed E-state index contributed by atoms with van der Waals surface area (Å²) in [6, 6.07) is 1.75. The van der Waals surface area contributed by atoms with Gasteiger partial charge >= 0.3 is 22.5 Å². The molecule has 7 nitrogen and oxygen atoms in total. The van der Waals surface area contributed by atoms with Gasteiger partial charge in [0.05, 0.1) is 15.7 Å². The number of rotatable bonds is 6. The van der Waals surface area contributed by atoms with Crippen molar-refractivity contribution in [3.05, 3.63) is 23.2 Å². The van der Waals surface area contributed by atoms with Gasteiger partial charge in [-0.05, 0) is 18.2 Å². The van der Waals surface area contributed by atoms with Crippen LogP contribution in [0.15, 0.2) is 23.1 Å². The van der Waals surface area contributed by atoms with Crippen LogP contribution >= 0.6 is 11.6 Å². The molecule has 1 rings (SSSR count). The van der Waals surface area contributed by atoms with Crippen LogP contribution in [0.5, 0.6) is 5.75 Å². The molecule has 27 heavy (non-hydrogen) atoms. The second kappa shape index (κ2) is 7.27. The fourth-order valence-electron chi connectivity index (χ4n) is 1.60. The van der Waals surface area contributed by atoms with Gasteiger partial charge in [-0.25, -0.2) is 0 Å². The van der Waals surface area contributed by atoms with Crippen molar-refractivity contribution in [1.82, 2.24) is 0 Å². The van der Waals surface area contributed by atoms with Crippen LogP contribution in [0.4, 0.5) is 26.3 Å². The lowest BCUT2D eigenvalue weighted by molar-refractivity contribution is -0.368. The molecule has 0 amide bonds. The van der Waals surface area contributed by atoms with Gasteiger partial charge in [-0.1, -0.05) is 11.6 Å². The van der Waals surface area contributed by atoms with Crippen LogP contribution in [0.2, 0.25) is 5.02 Å². The molecule has 0 fully saturated rings. The third-order valence-corrected chi connectivity index (χ3v) is 5.35. The lowest BCUT2D eigenvalue weighted by Gasteiger charge is -2.32. The maximum absolute atomic E-state index is 12.5. The summed E-state index contributed by atoms with van der Waals surface area (Å²) in [5, 5.41) is 8.18. The third kappa shape index (κ3) is 5.60. The van der Waals surface area contributed by atoms with E-state index in [0.29, 0.717) is 18.2 Å². The fraction of sp³-hybridized carbons (Fsp3) is 0.455. The average molecular weight is 467 g/mol. The van der Waals surface area contributed by atoms with E-state index in [1.807, 2.05) is 0 Å². The van der Waals surface area contributed by atoms with Crippen molar-refractivity contribution in [1.29, 1.82) is 0 Å². The Morgan fingerprint density at radius 3 is 1.85 bits per heavy atom. The number of hydrogen-bond donors (Lipinski definition) is 2. The lowest BCUT2D eigenvalue weighted by atomic mass is 10.00. The van der Waals surface area contributed by atoms with Gasteiger partial charge in [0.25, 0.3) is 15.7 Å². The van der Waals surface area contributed by atoms with Crippen molar-refractivity contribution >= 4 is 31.8 Å². The number of alkyl halides is 6. The third-order valence-electron chi connectivity index (χ3n) is 3.07. The molecule has 0 aliphatic heterocycles. The zero-order valence-electron chi connectivity index (χ0n) is 12.5. The summed E-state index contributed by atoms with van der Waals surface area (Å²) in [7, 11) is -9.84. The van der Waals surface area contributed by atoms with Crippen LogP contribution in [0, 0.1) is 0 Å². The first-order valence-corrected chi connectivity index (χ1v) is 9.75. The van der Waals surface area contributed by atoms with Crippen LogP contribution < -0.4 is 4.18 Å². The summed E-state index contributed by atoms with van der Waals surface area (Å²) in [4.78, 5) is -0.777. The molecule has 156 valence electrons. The van der Waals surface area contributed by atoms with E-state index in [4.69, 9.17) is 21.3 Å². The van der Waals surface area contributed by atoms with Crippen LogP contribution in [0.1, 0.15) is 6.42 Å². The first kappa shape index (κ1) is 23.7. The molecule has 0 atom stereocenters. The van der Waals surface area contributed by atoms with Crippen LogP contribution in [-0.4, -0.2) is 50.2 Å². The van der Waals surface area contributed by atoms with Crippen LogP contribution in [0.3, 0.4) is 0 Å². The van der Waals surface area contributed by atoms with Gasteiger partial charge in [0, 0.05) is 6.42 Å². The molecule has 0 unspecified atom stereocenters. The Morgan fingerprint density at radius 2 is 1.48 bits per heavy atom. The van der Waals surface area contributed by atoms with E-state index in [0.717, 1.165) is 0 Å². The highest BCUT2D eigenvalue weighted by molar-refractivity contribution is 7.87. The molecule has 0 bridgehead atoms. The predicted octanol–water partition coefficient (Wildman–Crippen LogP) is 2.54. The van der Waals surface area contributed by atoms with Crippen molar-refractivity contribution in [2.45, 2.75) is 29.3 Å². The molecule has 0 radical (unpaired) electrons. The molecule has 0 aliphatic carbocycles. The Balaban J connectivity index is 3.07. The predicted molar refractivity (Wildman–Crippen MR) is 77.4 cm³/mol. The monoisotopic (exact) mass is 466 g/mol. The summed E-state index contributed by atoms with van der Waals surface area (Å²) >= 11 is 5.50. The summed E-state index contributed by atoms with van der Waals surface area (Å²) in [5.74, 6) is -2.73. The van der Waals surface area contributed by atoms with Gasteiger partial charge in [0.2, 0.25) is 0 Å². The molecule has 0 heterocycles. The highest BCUT2D eigenvalue weighted by Crippen LogP contribution is 2.45. The summed E-state index contributed by atoms with van der Waals surface area (Å²) < 4.78 is 133.